The van der Waals surface area contributed by atoms with Gasteiger partial charge in [-0.2, -0.15) is 0 Å². The second-order valence-corrected chi connectivity index (χ2v) is 7.84. The van der Waals surface area contributed by atoms with Gasteiger partial charge in [0.1, 0.15) is 5.69 Å². The summed E-state index contributed by atoms with van der Waals surface area (Å²) in [6.45, 7) is 2.50. The standard InChI is InChI=1S/C20H25N3O5S/c1-27-10-8-21-18-7-6-15(12-19(18)23(25)26)20(24)22(13-16-4-2-9-28-16)14-17-5-3-11-29-17/h3,5-7,11-12,16,21H,2,4,8-10,13-14H2,1H3. The van der Waals surface area contributed by atoms with Gasteiger partial charge in [0.25, 0.3) is 11.6 Å². The Bertz CT molecular complexity index is 822. The number of thiophene rings is 1. The summed E-state index contributed by atoms with van der Waals surface area (Å²) in [5.74, 6) is -0.236. The largest absolute Gasteiger partial charge is 0.383 e. The number of carbonyl (C=O) groups is 1. The zero-order chi connectivity index (χ0) is 20.6. The molecule has 0 aliphatic carbocycles. The van der Waals surface area contributed by atoms with Gasteiger partial charge in [0.05, 0.1) is 24.2 Å². The molecule has 0 saturated carbocycles. The fraction of sp³-hybridized carbons (Fsp3) is 0.450. The van der Waals surface area contributed by atoms with Crippen LogP contribution >= 0.6 is 11.3 Å². The van der Waals surface area contributed by atoms with E-state index in [1.807, 2.05) is 17.5 Å². The number of hydrogen-bond donors (Lipinski definition) is 1. The lowest BCUT2D eigenvalue weighted by atomic mass is 10.1. The first-order chi connectivity index (χ1) is 14.1. The highest BCUT2D eigenvalue weighted by molar-refractivity contribution is 7.09. The average molecular weight is 420 g/mol. The molecule has 1 aliphatic rings. The molecule has 29 heavy (non-hydrogen) atoms. The molecule has 1 N–H and O–H groups in total. The van der Waals surface area contributed by atoms with Crippen LogP contribution in [0, 0.1) is 10.1 Å². The maximum absolute atomic E-state index is 13.2. The Labute approximate surface area is 173 Å². The lowest BCUT2D eigenvalue weighted by molar-refractivity contribution is -0.384. The highest BCUT2D eigenvalue weighted by Crippen LogP contribution is 2.27. The van der Waals surface area contributed by atoms with E-state index in [4.69, 9.17) is 9.47 Å². The minimum atomic E-state index is -0.477. The highest BCUT2D eigenvalue weighted by atomic mass is 32.1. The lowest BCUT2D eigenvalue weighted by Crippen LogP contribution is -2.36. The van der Waals surface area contributed by atoms with Crippen molar-refractivity contribution in [3.63, 3.8) is 0 Å². The Morgan fingerprint density at radius 2 is 2.31 bits per heavy atom. The van der Waals surface area contributed by atoms with Crippen molar-refractivity contribution in [1.29, 1.82) is 0 Å². The van der Waals surface area contributed by atoms with Crippen LogP contribution in [0.25, 0.3) is 0 Å². The number of benzene rings is 1. The van der Waals surface area contributed by atoms with Crippen LogP contribution in [0.3, 0.4) is 0 Å². The molecule has 1 unspecified atom stereocenters. The van der Waals surface area contributed by atoms with Crippen molar-refractivity contribution in [3.8, 4) is 0 Å². The quantitative estimate of drug-likeness (QED) is 0.360. The SMILES string of the molecule is COCCNc1ccc(C(=O)N(Cc2cccs2)CC2CCCO2)cc1[N+](=O)[O-]. The molecule has 0 spiro atoms. The summed E-state index contributed by atoms with van der Waals surface area (Å²) in [6.07, 6.45) is 1.90. The topological polar surface area (TPSA) is 93.9 Å². The van der Waals surface area contributed by atoms with Crippen molar-refractivity contribution in [2.75, 3.05) is 38.7 Å². The van der Waals surface area contributed by atoms with Gasteiger partial charge in [-0.15, -0.1) is 11.3 Å². The Morgan fingerprint density at radius 3 is 2.97 bits per heavy atom. The molecule has 1 aromatic heterocycles. The maximum Gasteiger partial charge on any atom is 0.293 e. The highest BCUT2D eigenvalue weighted by Gasteiger charge is 2.26. The maximum atomic E-state index is 13.2. The van der Waals surface area contributed by atoms with E-state index in [1.165, 1.54) is 6.07 Å². The molecule has 156 valence electrons. The van der Waals surface area contributed by atoms with Gasteiger partial charge in [0.15, 0.2) is 0 Å². The number of nitrogens with zero attached hydrogens (tertiary/aromatic N) is 2. The summed E-state index contributed by atoms with van der Waals surface area (Å²) in [7, 11) is 1.56. The van der Waals surface area contributed by atoms with Crippen LogP contribution in [-0.2, 0) is 16.0 Å². The molecule has 1 saturated heterocycles. The number of methoxy groups -OCH3 is 1. The Morgan fingerprint density at radius 1 is 1.45 bits per heavy atom. The van der Waals surface area contributed by atoms with E-state index in [-0.39, 0.29) is 17.7 Å². The zero-order valence-corrected chi connectivity index (χ0v) is 17.2. The second kappa shape index (κ2) is 10.3. The fourth-order valence-corrected chi connectivity index (χ4v) is 4.00. The molecule has 9 heteroatoms. The molecule has 2 aromatic rings. The molecule has 0 radical (unpaired) electrons. The van der Waals surface area contributed by atoms with Crippen LogP contribution in [0.4, 0.5) is 11.4 Å². The van der Waals surface area contributed by atoms with Gasteiger partial charge in [0.2, 0.25) is 0 Å². The van der Waals surface area contributed by atoms with E-state index in [0.717, 1.165) is 17.7 Å². The van der Waals surface area contributed by atoms with Crippen molar-refractivity contribution in [2.24, 2.45) is 0 Å². The molecule has 1 fully saturated rings. The van der Waals surface area contributed by atoms with Gasteiger partial charge in [-0.3, -0.25) is 14.9 Å². The first-order valence-corrected chi connectivity index (χ1v) is 10.4. The Kier molecular flexibility index (Phi) is 7.56. The summed E-state index contributed by atoms with van der Waals surface area (Å²) in [5, 5.41) is 16.5. The van der Waals surface area contributed by atoms with Crippen molar-refractivity contribution >= 4 is 28.6 Å². The number of carbonyl (C=O) groups excluding carboxylic acids is 1. The summed E-state index contributed by atoms with van der Waals surface area (Å²) < 4.78 is 10.7. The molecule has 3 rings (SSSR count). The van der Waals surface area contributed by atoms with Crippen LogP contribution in [0.1, 0.15) is 28.1 Å². The Hall–Kier alpha value is -2.49. The smallest absolute Gasteiger partial charge is 0.293 e. The van der Waals surface area contributed by atoms with Gasteiger partial charge in [0, 0.05) is 43.3 Å². The fourth-order valence-electron chi connectivity index (χ4n) is 3.28. The summed E-state index contributed by atoms with van der Waals surface area (Å²) >= 11 is 1.58. The summed E-state index contributed by atoms with van der Waals surface area (Å²) in [5.41, 5.74) is 0.538. The number of ether oxygens (including phenoxy) is 2. The molecular formula is C20H25N3O5S. The van der Waals surface area contributed by atoms with Crippen molar-refractivity contribution in [2.45, 2.75) is 25.5 Å². The third-order valence-electron chi connectivity index (χ3n) is 4.73. The van der Waals surface area contributed by atoms with Crippen molar-refractivity contribution < 1.29 is 19.2 Å². The number of nitrogens with one attached hydrogen (secondary N) is 1. The molecule has 8 nitrogen and oxygen atoms in total. The monoisotopic (exact) mass is 419 g/mol. The van der Waals surface area contributed by atoms with Gasteiger partial charge in [-0.1, -0.05) is 6.07 Å². The number of amides is 1. The zero-order valence-electron chi connectivity index (χ0n) is 16.3. The van der Waals surface area contributed by atoms with E-state index in [1.54, 1.807) is 35.5 Å². The molecule has 1 aliphatic heterocycles. The van der Waals surface area contributed by atoms with E-state index in [2.05, 4.69) is 5.32 Å². The second-order valence-electron chi connectivity index (χ2n) is 6.81. The van der Waals surface area contributed by atoms with Gasteiger partial charge in [-0.25, -0.2) is 0 Å². The predicted octanol–water partition coefficient (Wildman–Crippen LogP) is 3.54. The third-order valence-corrected chi connectivity index (χ3v) is 5.59. The first-order valence-electron chi connectivity index (χ1n) is 9.53. The summed E-state index contributed by atoms with van der Waals surface area (Å²) in [4.78, 5) is 27.0. The van der Waals surface area contributed by atoms with E-state index < -0.39 is 4.92 Å². The number of anilines is 1. The number of rotatable bonds is 10. The van der Waals surface area contributed by atoms with Gasteiger partial charge < -0.3 is 19.7 Å². The number of nitro benzene ring substituents is 1. The molecule has 1 amide bonds. The number of hydrogen-bond acceptors (Lipinski definition) is 7. The van der Waals surface area contributed by atoms with Crippen LogP contribution in [-0.4, -0.2) is 55.2 Å². The van der Waals surface area contributed by atoms with Crippen LogP contribution in [0.15, 0.2) is 35.7 Å². The van der Waals surface area contributed by atoms with Crippen LogP contribution in [0.5, 0.6) is 0 Å². The van der Waals surface area contributed by atoms with Crippen molar-refractivity contribution in [1.82, 2.24) is 4.90 Å². The first kappa shape index (κ1) is 21.2. The van der Waals surface area contributed by atoms with Gasteiger partial charge >= 0.3 is 0 Å². The third kappa shape index (κ3) is 5.75. The molecule has 2 heterocycles. The predicted molar refractivity (Wildman–Crippen MR) is 111 cm³/mol. The molecule has 1 atom stereocenters. The number of nitro groups is 1. The van der Waals surface area contributed by atoms with E-state index >= 15 is 0 Å². The molecule has 1 aromatic carbocycles. The minimum absolute atomic E-state index is 0.00359. The van der Waals surface area contributed by atoms with Gasteiger partial charge in [-0.05, 0) is 36.4 Å². The van der Waals surface area contributed by atoms with Crippen LogP contribution in [0.2, 0.25) is 0 Å². The Balaban J connectivity index is 1.81. The summed E-state index contributed by atoms with van der Waals surface area (Å²) in [6, 6.07) is 8.47. The van der Waals surface area contributed by atoms with Crippen LogP contribution < -0.4 is 5.32 Å². The normalized spacial score (nSPS) is 16.0. The minimum Gasteiger partial charge on any atom is -0.383 e. The molecular weight excluding hydrogens is 394 g/mol. The van der Waals surface area contributed by atoms with E-state index in [9.17, 15) is 14.9 Å². The van der Waals surface area contributed by atoms with E-state index in [0.29, 0.717) is 44.1 Å². The van der Waals surface area contributed by atoms with Crippen molar-refractivity contribution in [3.05, 3.63) is 56.3 Å². The molecule has 0 bridgehead atoms. The average Bonchev–Trinajstić information content (AvgIpc) is 3.41. The lowest BCUT2D eigenvalue weighted by Gasteiger charge is -2.25.